The maximum Gasteiger partial charge on any atom is 0.418 e. The average molecular weight is 266 g/mol. The fraction of sp³-hybridized carbons (Fsp3) is 0.143. The summed E-state index contributed by atoms with van der Waals surface area (Å²) < 4.78 is 38.6. The lowest BCUT2D eigenvalue weighted by atomic mass is 10.1. The van der Waals surface area contributed by atoms with Crippen molar-refractivity contribution in [2.75, 3.05) is 11.1 Å². The van der Waals surface area contributed by atoms with Crippen LogP contribution in [0.3, 0.4) is 0 Å². The van der Waals surface area contributed by atoms with Crippen molar-refractivity contribution in [2.24, 2.45) is 0 Å². The Labute approximate surface area is 109 Å². The number of hydrogen-bond acceptors (Lipinski definition) is 2. The molecule has 0 saturated carbocycles. The van der Waals surface area contributed by atoms with E-state index in [0.717, 1.165) is 11.6 Å². The van der Waals surface area contributed by atoms with E-state index >= 15 is 0 Å². The van der Waals surface area contributed by atoms with Gasteiger partial charge in [-0.1, -0.05) is 18.2 Å². The lowest BCUT2D eigenvalue weighted by Crippen LogP contribution is -2.09. The van der Waals surface area contributed by atoms with Gasteiger partial charge < -0.3 is 11.1 Å². The van der Waals surface area contributed by atoms with E-state index in [4.69, 9.17) is 5.73 Å². The Morgan fingerprint density at radius 3 is 2.26 bits per heavy atom. The van der Waals surface area contributed by atoms with Crippen LogP contribution in [0.1, 0.15) is 11.1 Å². The second-order valence-electron chi connectivity index (χ2n) is 4.19. The molecule has 0 fully saturated rings. The molecule has 0 spiro atoms. The minimum atomic E-state index is -4.39. The van der Waals surface area contributed by atoms with Gasteiger partial charge in [0.2, 0.25) is 0 Å². The lowest BCUT2D eigenvalue weighted by molar-refractivity contribution is -0.136. The number of para-hydroxylation sites is 1. The van der Waals surface area contributed by atoms with Crippen molar-refractivity contribution in [1.29, 1.82) is 0 Å². The number of anilines is 3. The van der Waals surface area contributed by atoms with Crippen LogP contribution in [-0.4, -0.2) is 0 Å². The fourth-order valence-corrected chi connectivity index (χ4v) is 1.77. The van der Waals surface area contributed by atoms with Crippen molar-refractivity contribution in [1.82, 2.24) is 0 Å². The molecule has 0 radical (unpaired) electrons. The molecule has 0 aliphatic carbocycles. The standard InChI is InChI=1S/C14H13F3N2/c1-9-11(18)6-4-8-12(9)19-13-7-3-2-5-10(13)14(15,16)17/h2-8,19H,18H2,1H3. The van der Waals surface area contributed by atoms with Crippen molar-refractivity contribution in [3.05, 3.63) is 53.6 Å². The lowest BCUT2D eigenvalue weighted by Gasteiger charge is -2.16. The Balaban J connectivity index is 2.42. The van der Waals surface area contributed by atoms with Gasteiger partial charge in [-0.2, -0.15) is 13.2 Å². The molecule has 2 nitrogen and oxygen atoms in total. The Morgan fingerprint density at radius 2 is 1.58 bits per heavy atom. The molecule has 0 aromatic heterocycles. The molecule has 0 heterocycles. The van der Waals surface area contributed by atoms with Crippen LogP contribution in [0.15, 0.2) is 42.5 Å². The topological polar surface area (TPSA) is 38.0 Å². The first kappa shape index (κ1) is 13.3. The third-order valence-corrected chi connectivity index (χ3v) is 2.88. The van der Waals surface area contributed by atoms with Gasteiger partial charge in [-0.05, 0) is 36.8 Å². The Bertz CT molecular complexity index is 591. The van der Waals surface area contributed by atoms with Crippen molar-refractivity contribution < 1.29 is 13.2 Å². The highest BCUT2D eigenvalue weighted by Crippen LogP contribution is 2.36. The van der Waals surface area contributed by atoms with E-state index in [-0.39, 0.29) is 5.69 Å². The van der Waals surface area contributed by atoms with Gasteiger partial charge in [-0.3, -0.25) is 0 Å². The highest BCUT2D eigenvalue weighted by Gasteiger charge is 2.33. The highest BCUT2D eigenvalue weighted by atomic mass is 19.4. The molecule has 2 aromatic rings. The van der Waals surface area contributed by atoms with Crippen LogP contribution in [0.5, 0.6) is 0 Å². The van der Waals surface area contributed by atoms with Gasteiger partial charge >= 0.3 is 6.18 Å². The predicted molar refractivity (Wildman–Crippen MR) is 70.3 cm³/mol. The van der Waals surface area contributed by atoms with Gasteiger partial charge in [0.05, 0.1) is 11.3 Å². The summed E-state index contributed by atoms with van der Waals surface area (Å²) in [5.74, 6) is 0. The molecule has 0 aliphatic heterocycles. The summed E-state index contributed by atoms with van der Waals surface area (Å²) in [6.45, 7) is 1.76. The molecule has 5 heteroatoms. The molecule has 0 unspecified atom stereocenters. The summed E-state index contributed by atoms with van der Waals surface area (Å²) in [7, 11) is 0. The highest BCUT2D eigenvalue weighted by molar-refractivity contribution is 5.71. The van der Waals surface area contributed by atoms with Crippen LogP contribution in [0, 0.1) is 6.92 Å². The van der Waals surface area contributed by atoms with Gasteiger partial charge in [-0.25, -0.2) is 0 Å². The SMILES string of the molecule is Cc1c(N)cccc1Nc1ccccc1C(F)(F)F. The van der Waals surface area contributed by atoms with E-state index in [1.165, 1.54) is 12.1 Å². The zero-order chi connectivity index (χ0) is 14.0. The zero-order valence-corrected chi connectivity index (χ0v) is 10.3. The molecule has 2 aromatic carbocycles. The largest absolute Gasteiger partial charge is 0.418 e. The number of nitrogen functional groups attached to an aromatic ring is 1. The van der Waals surface area contributed by atoms with E-state index in [9.17, 15) is 13.2 Å². The van der Waals surface area contributed by atoms with Crippen molar-refractivity contribution in [3.63, 3.8) is 0 Å². The minimum Gasteiger partial charge on any atom is -0.398 e. The Kier molecular flexibility index (Phi) is 3.38. The number of alkyl halides is 3. The summed E-state index contributed by atoms with van der Waals surface area (Å²) in [6.07, 6.45) is -4.39. The maximum atomic E-state index is 12.9. The summed E-state index contributed by atoms with van der Waals surface area (Å²) >= 11 is 0. The summed E-state index contributed by atoms with van der Waals surface area (Å²) in [6, 6.07) is 10.4. The molecule has 0 amide bonds. The van der Waals surface area contributed by atoms with Crippen LogP contribution >= 0.6 is 0 Å². The quantitative estimate of drug-likeness (QED) is 0.793. The molecule has 0 atom stereocenters. The number of halogens is 3. The summed E-state index contributed by atoms with van der Waals surface area (Å²) in [5.41, 5.74) is 6.88. The van der Waals surface area contributed by atoms with Crippen LogP contribution < -0.4 is 11.1 Å². The van der Waals surface area contributed by atoms with Crippen molar-refractivity contribution >= 4 is 17.1 Å². The van der Waals surface area contributed by atoms with E-state index in [2.05, 4.69) is 5.32 Å². The molecular formula is C14H13F3N2. The first-order valence-corrected chi connectivity index (χ1v) is 5.68. The van der Waals surface area contributed by atoms with Gasteiger partial charge in [0.15, 0.2) is 0 Å². The van der Waals surface area contributed by atoms with Gasteiger partial charge in [0.1, 0.15) is 0 Å². The molecule has 100 valence electrons. The monoisotopic (exact) mass is 266 g/mol. The molecule has 19 heavy (non-hydrogen) atoms. The molecule has 3 N–H and O–H groups in total. The fourth-order valence-electron chi connectivity index (χ4n) is 1.77. The molecule has 0 aliphatic rings. The number of hydrogen-bond donors (Lipinski definition) is 2. The van der Waals surface area contributed by atoms with Gasteiger partial charge in [0.25, 0.3) is 0 Å². The Morgan fingerprint density at radius 1 is 0.947 bits per heavy atom. The van der Waals surface area contributed by atoms with Crippen LogP contribution in [0.25, 0.3) is 0 Å². The summed E-state index contributed by atoms with van der Waals surface area (Å²) in [5, 5.41) is 2.79. The molecule has 0 bridgehead atoms. The third-order valence-electron chi connectivity index (χ3n) is 2.88. The number of nitrogens with two attached hydrogens (primary N) is 1. The smallest absolute Gasteiger partial charge is 0.398 e. The van der Waals surface area contributed by atoms with Crippen molar-refractivity contribution in [2.45, 2.75) is 13.1 Å². The second-order valence-corrected chi connectivity index (χ2v) is 4.19. The first-order chi connectivity index (χ1) is 8.89. The first-order valence-electron chi connectivity index (χ1n) is 5.68. The molecule has 2 rings (SSSR count). The Hall–Kier alpha value is -2.17. The van der Waals surface area contributed by atoms with Crippen LogP contribution in [-0.2, 0) is 6.18 Å². The van der Waals surface area contributed by atoms with E-state index in [1.54, 1.807) is 31.2 Å². The normalized spacial score (nSPS) is 11.4. The van der Waals surface area contributed by atoms with Crippen LogP contribution in [0.2, 0.25) is 0 Å². The van der Waals surface area contributed by atoms with Crippen LogP contribution in [0.4, 0.5) is 30.2 Å². The van der Waals surface area contributed by atoms with Gasteiger partial charge in [0, 0.05) is 11.4 Å². The third kappa shape index (κ3) is 2.81. The van der Waals surface area contributed by atoms with E-state index < -0.39 is 11.7 Å². The van der Waals surface area contributed by atoms with Gasteiger partial charge in [-0.15, -0.1) is 0 Å². The maximum absolute atomic E-state index is 12.9. The zero-order valence-electron chi connectivity index (χ0n) is 10.3. The summed E-state index contributed by atoms with van der Waals surface area (Å²) in [4.78, 5) is 0. The number of benzene rings is 2. The number of nitrogens with one attached hydrogen (secondary N) is 1. The minimum absolute atomic E-state index is 0.0173. The van der Waals surface area contributed by atoms with E-state index in [0.29, 0.717) is 11.4 Å². The second kappa shape index (κ2) is 4.84. The predicted octanol–water partition coefficient (Wildman–Crippen LogP) is 4.34. The van der Waals surface area contributed by atoms with Crippen molar-refractivity contribution in [3.8, 4) is 0 Å². The average Bonchev–Trinajstić information content (AvgIpc) is 2.34. The molecule has 0 saturated heterocycles. The molecular weight excluding hydrogens is 253 g/mol. The van der Waals surface area contributed by atoms with E-state index in [1.807, 2.05) is 0 Å². The number of rotatable bonds is 2.